The van der Waals surface area contributed by atoms with Crippen LogP contribution in [0.3, 0.4) is 0 Å². The second-order valence-electron chi connectivity index (χ2n) is 6.03. The number of guanidine groups is 1. The van der Waals surface area contributed by atoms with Crippen molar-refractivity contribution < 1.29 is 0 Å². The summed E-state index contributed by atoms with van der Waals surface area (Å²) >= 11 is 0. The molecule has 0 N–H and O–H groups in total. The van der Waals surface area contributed by atoms with Crippen LogP contribution in [0.5, 0.6) is 0 Å². The van der Waals surface area contributed by atoms with Gasteiger partial charge >= 0.3 is 0 Å². The van der Waals surface area contributed by atoms with Crippen molar-refractivity contribution in [2.75, 3.05) is 46.2 Å². The van der Waals surface area contributed by atoms with Gasteiger partial charge in [-0.2, -0.15) is 0 Å². The van der Waals surface area contributed by atoms with Crippen LogP contribution in [-0.4, -0.2) is 62.0 Å². The van der Waals surface area contributed by atoms with Gasteiger partial charge in [-0.3, -0.25) is 0 Å². The third kappa shape index (κ3) is 4.72. The van der Waals surface area contributed by atoms with Crippen molar-refractivity contribution >= 4 is 35.8 Å². The summed E-state index contributed by atoms with van der Waals surface area (Å²) in [6.45, 7) is 4.95. The van der Waals surface area contributed by atoms with E-state index in [2.05, 4.69) is 24.0 Å². The molecule has 1 aliphatic rings. The Labute approximate surface area is 151 Å². The summed E-state index contributed by atoms with van der Waals surface area (Å²) in [5.41, 5.74) is 2.29. The summed E-state index contributed by atoms with van der Waals surface area (Å²) < 4.78 is 0. The first-order valence-corrected chi connectivity index (χ1v) is 7.59. The molecular weight excluding hydrogens is 389 g/mol. The first kappa shape index (κ1) is 19.0. The average molecular weight is 417 g/mol. The lowest BCUT2D eigenvalue weighted by atomic mass is 10.2. The molecule has 124 valence electrons. The van der Waals surface area contributed by atoms with Crippen molar-refractivity contribution in [1.29, 1.82) is 0 Å². The molecule has 0 atom stereocenters. The quantitative estimate of drug-likeness (QED) is 0.430. The fraction of sp³-hybridized carbons (Fsp3) is 0.625. The number of aromatic nitrogens is 1. The Hall–Kier alpha value is -1.05. The highest BCUT2D eigenvalue weighted by molar-refractivity contribution is 14.0. The number of anilines is 1. The second-order valence-corrected chi connectivity index (χ2v) is 6.03. The molecular formula is C16H28IN5. The molecule has 0 amide bonds. The highest BCUT2D eigenvalue weighted by Gasteiger charge is 2.17. The molecule has 1 aromatic heterocycles. The van der Waals surface area contributed by atoms with Gasteiger partial charge in [-0.25, -0.2) is 9.98 Å². The molecule has 5 nitrogen and oxygen atoms in total. The summed E-state index contributed by atoms with van der Waals surface area (Å²) in [6, 6.07) is 4.25. The molecule has 1 saturated heterocycles. The lowest BCUT2D eigenvalue weighted by Gasteiger charge is -2.24. The second kappa shape index (κ2) is 8.55. The zero-order chi connectivity index (χ0) is 15.4. The first-order valence-electron chi connectivity index (χ1n) is 7.59. The summed E-state index contributed by atoms with van der Waals surface area (Å²) in [5.74, 6) is 2.09. The van der Waals surface area contributed by atoms with Crippen molar-refractivity contribution in [2.24, 2.45) is 4.99 Å². The van der Waals surface area contributed by atoms with E-state index in [1.807, 2.05) is 38.0 Å². The molecule has 0 spiro atoms. The Balaban J connectivity index is 0.00000242. The van der Waals surface area contributed by atoms with Gasteiger partial charge in [0.2, 0.25) is 0 Å². The predicted molar refractivity (Wildman–Crippen MR) is 104 cm³/mol. The van der Waals surface area contributed by atoms with Gasteiger partial charge in [0.05, 0.1) is 6.54 Å². The van der Waals surface area contributed by atoms with Gasteiger partial charge in [-0.1, -0.05) is 6.07 Å². The van der Waals surface area contributed by atoms with Crippen LogP contribution >= 0.6 is 24.0 Å². The maximum atomic E-state index is 4.76. The van der Waals surface area contributed by atoms with Crippen LogP contribution in [0.2, 0.25) is 0 Å². The van der Waals surface area contributed by atoms with E-state index in [9.17, 15) is 0 Å². The zero-order valence-corrected chi connectivity index (χ0v) is 16.7. The van der Waals surface area contributed by atoms with Gasteiger partial charge in [0.1, 0.15) is 5.82 Å². The van der Waals surface area contributed by atoms with Crippen molar-refractivity contribution in [3.8, 4) is 0 Å². The minimum absolute atomic E-state index is 0. The summed E-state index contributed by atoms with van der Waals surface area (Å²) in [7, 11) is 8.09. The molecule has 0 radical (unpaired) electrons. The van der Waals surface area contributed by atoms with Crippen LogP contribution < -0.4 is 4.90 Å². The van der Waals surface area contributed by atoms with E-state index < -0.39 is 0 Å². The summed E-state index contributed by atoms with van der Waals surface area (Å²) in [6.07, 6.45) is 2.53. The van der Waals surface area contributed by atoms with Crippen molar-refractivity contribution in [3.05, 3.63) is 23.4 Å². The summed E-state index contributed by atoms with van der Waals surface area (Å²) in [5, 5.41) is 0. The number of aliphatic imine (C=N–C) groups is 1. The number of halogens is 1. The number of hydrogen-bond donors (Lipinski definition) is 0. The fourth-order valence-electron chi connectivity index (χ4n) is 2.74. The predicted octanol–water partition coefficient (Wildman–Crippen LogP) is 2.59. The molecule has 1 fully saturated rings. The van der Waals surface area contributed by atoms with E-state index in [1.54, 1.807) is 0 Å². The zero-order valence-electron chi connectivity index (χ0n) is 14.3. The highest BCUT2D eigenvalue weighted by Crippen LogP contribution is 2.23. The Morgan fingerprint density at radius 1 is 1.14 bits per heavy atom. The smallest absolute Gasteiger partial charge is 0.195 e. The Morgan fingerprint density at radius 3 is 2.27 bits per heavy atom. The van der Waals surface area contributed by atoms with E-state index in [0.717, 1.165) is 30.6 Å². The molecule has 6 heteroatoms. The molecule has 2 rings (SSSR count). The molecule has 0 bridgehead atoms. The molecule has 0 aliphatic carbocycles. The van der Waals surface area contributed by atoms with Gasteiger partial charge in [0, 0.05) is 52.5 Å². The van der Waals surface area contributed by atoms with Crippen LogP contribution in [0, 0.1) is 6.92 Å². The van der Waals surface area contributed by atoms with Gasteiger partial charge in [-0.05, 0) is 25.8 Å². The van der Waals surface area contributed by atoms with Crippen LogP contribution in [0.1, 0.15) is 24.1 Å². The first-order chi connectivity index (χ1) is 9.99. The third-order valence-electron chi connectivity index (χ3n) is 3.69. The van der Waals surface area contributed by atoms with Crippen molar-refractivity contribution in [3.63, 3.8) is 0 Å². The fourth-order valence-corrected chi connectivity index (χ4v) is 2.74. The van der Waals surface area contributed by atoms with E-state index in [-0.39, 0.29) is 24.0 Å². The van der Waals surface area contributed by atoms with E-state index in [0.29, 0.717) is 6.54 Å². The minimum Gasteiger partial charge on any atom is -0.356 e. The topological polar surface area (TPSA) is 35.0 Å². The SMILES string of the molecule is Cc1ccc(CN=C(N(C)C)N(C)C)c(N2CCCC2)n1.I. The molecule has 0 unspecified atom stereocenters. The largest absolute Gasteiger partial charge is 0.356 e. The minimum atomic E-state index is 0. The van der Waals surface area contributed by atoms with E-state index in [4.69, 9.17) is 9.98 Å². The lowest BCUT2D eigenvalue weighted by molar-refractivity contribution is 0.479. The monoisotopic (exact) mass is 417 g/mol. The molecule has 22 heavy (non-hydrogen) atoms. The van der Waals surface area contributed by atoms with Gasteiger partial charge in [0.25, 0.3) is 0 Å². The van der Waals surface area contributed by atoms with Crippen LogP contribution in [0.25, 0.3) is 0 Å². The van der Waals surface area contributed by atoms with Crippen LogP contribution in [0.4, 0.5) is 5.82 Å². The van der Waals surface area contributed by atoms with E-state index >= 15 is 0 Å². The highest BCUT2D eigenvalue weighted by atomic mass is 127. The molecule has 2 heterocycles. The Morgan fingerprint density at radius 2 is 1.73 bits per heavy atom. The van der Waals surface area contributed by atoms with Crippen molar-refractivity contribution in [2.45, 2.75) is 26.3 Å². The standard InChI is InChI=1S/C16H27N5.HI/c1-13-8-9-14(12-17-16(19(2)3)20(4)5)15(18-13)21-10-6-7-11-21;/h8-9H,6-7,10-12H2,1-5H3;1H. The van der Waals surface area contributed by atoms with E-state index in [1.165, 1.54) is 18.4 Å². The Kier molecular flexibility index (Phi) is 7.38. The van der Waals surface area contributed by atoms with Crippen LogP contribution in [-0.2, 0) is 6.54 Å². The van der Waals surface area contributed by atoms with Gasteiger partial charge < -0.3 is 14.7 Å². The number of hydrogen-bond acceptors (Lipinski definition) is 3. The number of nitrogens with zero attached hydrogens (tertiary/aromatic N) is 5. The maximum absolute atomic E-state index is 4.76. The van der Waals surface area contributed by atoms with Gasteiger partial charge in [-0.15, -0.1) is 24.0 Å². The molecule has 1 aliphatic heterocycles. The lowest BCUT2D eigenvalue weighted by Crippen LogP contribution is -2.35. The Bertz CT molecular complexity index is 497. The maximum Gasteiger partial charge on any atom is 0.195 e. The molecule has 1 aromatic rings. The average Bonchev–Trinajstić information content (AvgIpc) is 2.93. The van der Waals surface area contributed by atoms with Crippen molar-refractivity contribution in [1.82, 2.24) is 14.8 Å². The van der Waals surface area contributed by atoms with Crippen LogP contribution in [0.15, 0.2) is 17.1 Å². The third-order valence-corrected chi connectivity index (χ3v) is 3.69. The number of aryl methyl sites for hydroxylation is 1. The number of rotatable bonds is 3. The molecule has 0 aromatic carbocycles. The summed E-state index contributed by atoms with van der Waals surface area (Å²) in [4.78, 5) is 16.0. The molecule has 0 saturated carbocycles. The normalized spacial score (nSPS) is 13.6. The number of pyridine rings is 1. The van der Waals surface area contributed by atoms with Gasteiger partial charge in [0.15, 0.2) is 5.96 Å².